The van der Waals surface area contributed by atoms with E-state index in [0.717, 1.165) is 12.0 Å². The minimum absolute atomic E-state index is 0.0389. The number of carboxylic acids is 1. The van der Waals surface area contributed by atoms with Crippen LogP contribution in [-0.2, 0) is 21.2 Å². The quantitative estimate of drug-likeness (QED) is 0.682. The zero-order valence-electron chi connectivity index (χ0n) is 15.7. The number of aryl methyl sites for hydroxylation is 1. The summed E-state index contributed by atoms with van der Waals surface area (Å²) < 4.78 is 27.8. The van der Waals surface area contributed by atoms with Crippen LogP contribution < -0.4 is 4.72 Å². The van der Waals surface area contributed by atoms with Crippen LogP contribution in [0.4, 0.5) is 5.69 Å². The highest BCUT2D eigenvalue weighted by Crippen LogP contribution is 2.31. The molecule has 8 nitrogen and oxygen atoms in total. The molecule has 0 radical (unpaired) electrons. The molecule has 0 bridgehead atoms. The van der Waals surface area contributed by atoms with Crippen LogP contribution in [0.1, 0.15) is 42.7 Å². The van der Waals surface area contributed by atoms with E-state index in [4.69, 9.17) is 0 Å². The van der Waals surface area contributed by atoms with Crippen molar-refractivity contribution >= 4 is 27.6 Å². The highest BCUT2D eigenvalue weighted by molar-refractivity contribution is 7.92. The van der Waals surface area contributed by atoms with Crippen molar-refractivity contribution < 1.29 is 23.1 Å². The monoisotopic (exact) mass is 405 g/mol. The maximum Gasteiger partial charge on any atom is 0.329 e. The molecule has 0 aliphatic carbocycles. The largest absolute Gasteiger partial charge is 0.480 e. The van der Waals surface area contributed by atoms with E-state index in [1.165, 1.54) is 24.1 Å². The molecular formula is C19H23N3O5S. The molecule has 0 spiro atoms. The van der Waals surface area contributed by atoms with Gasteiger partial charge in [-0.25, -0.2) is 13.2 Å². The van der Waals surface area contributed by atoms with Crippen LogP contribution in [-0.4, -0.2) is 47.4 Å². The molecule has 1 atom stereocenters. The summed E-state index contributed by atoms with van der Waals surface area (Å²) in [6.45, 7) is 3.79. The number of H-pyrrole nitrogens is 1. The number of hydrogen-bond acceptors (Lipinski definition) is 4. The Morgan fingerprint density at radius 1 is 1.32 bits per heavy atom. The lowest BCUT2D eigenvalue weighted by Crippen LogP contribution is -2.50. The van der Waals surface area contributed by atoms with Gasteiger partial charge in [0.05, 0.1) is 0 Å². The fraction of sp³-hybridized carbons (Fsp3) is 0.368. The van der Waals surface area contributed by atoms with Gasteiger partial charge in [0.1, 0.15) is 16.1 Å². The van der Waals surface area contributed by atoms with Gasteiger partial charge in [-0.2, -0.15) is 0 Å². The summed E-state index contributed by atoms with van der Waals surface area (Å²) in [5.74, 6) is -1.60. The predicted octanol–water partition coefficient (Wildman–Crippen LogP) is 2.46. The van der Waals surface area contributed by atoms with Crippen molar-refractivity contribution in [3.05, 3.63) is 47.8 Å². The van der Waals surface area contributed by atoms with Gasteiger partial charge in [-0.3, -0.25) is 9.52 Å². The summed E-state index contributed by atoms with van der Waals surface area (Å²) in [6.07, 6.45) is 2.94. The standard InChI is InChI=1S/C19H23N3O5S/c1-3-13-6-4-7-14(10-13)21-28(26,27)15-11-16(20-12-15)17(23)22-9-5-8-19(22,2)18(24)25/h4,6-7,10-12,20-21H,3,5,8-9H2,1-2H3,(H,24,25). The topological polar surface area (TPSA) is 120 Å². The molecule has 1 amide bonds. The molecule has 1 aliphatic heterocycles. The molecule has 1 fully saturated rings. The van der Waals surface area contributed by atoms with Crippen LogP contribution in [0.15, 0.2) is 41.4 Å². The number of carbonyl (C=O) groups excluding carboxylic acids is 1. The van der Waals surface area contributed by atoms with Crippen molar-refractivity contribution in [2.24, 2.45) is 0 Å². The molecule has 1 aromatic carbocycles. The van der Waals surface area contributed by atoms with Crippen LogP contribution >= 0.6 is 0 Å². The Bertz CT molecular complexity index is 1010. The maximum atomic E-state index is 12.8. The second-order valence-electron chi connectivity index (χ2n) is 7.05. The molecular weight excluding hydrogens is 382 g/mol. The lowest BCUT2D eigenvalue weighted by Gasteiger charge is -2.30. The predicted molar refractivity (Wildman–Crippen MR) is 104 cm³/mol. The van der Waals surface area contributed by atoms with Gasteiger partial charge in [0.25, 0.3) is 15.9 Å². The third-order valence-electron chi connectivity index (χ3n) is 5.13. The average Bonchev–Trinajstić information content (AvgIpc) is 3.29. The number of hydrogen-bond donors (Lipinski definition) is 3. The lowest BCUT2D eigenvalue weighted by atomic mass is 9.99. The van der Waals surface area contributed by atoms with Crippen LogP contribution in [0.3, 0.4) is 0 Å². The van der Waals surface area contributed by atoms with E-state index >= 15 is 0 Å². The highest BCUT2D eigenvalue weighted by Gasteiger charge is 2.46. The minimum atomic E-state index is -3.89. The molecule has 3 rings (SSSR count). The first-order chi connectivity index (χ1) is 13.2. The Morgan fingerprint density at radius 3 is 2.75 bits per heavy atom. The maximum absolute atomic E-state index is 12.8. The number of carboxylic acid groups (broad SMARTS) is 1. The second-order valence-corrected chi connectivity index (χ2v) is 8.73. The molecule has 1 unspecified atom stereocenters. The number of benzene rings is 1. The van der Waals surface area contributed by atoms with Gasteiger partial charge >= 0.3 is 5.97 Å². The molecule has 2 aromatic rings. The summed E-state index contributed by atoms with van der Waals surface area (Å²) in [6, 6.07) is 8.30. The van der Waals surface area contributed by atoms with E-state index < -0.39 is 27.4 Å². The first-order valence-electron chi connectivity index (χ1n) is 9.03. The fourth-order valence-corrected chi connectivity index (χ4v) is 4.42. The molecule has 1 aliphatic rings. The first-order valence-corrected chi connectivity index (χ1v) is 10.5. The summed E-state index contributed by atoms with van der Waals surface area (Å²) in [5, 5.41) is 9.47. The molecule has 1 saturated heterocycles. The zero-order valence-corrected chi connectivity index (χ0v) is 16.5. The van der Waals surface area contributed by atoms with Gasteiger partial charge in [0.2, 0.25) is 0 Å². The molecule has 9 heteroatoms. The average molecular weight is 405 g/mol. The summed E-state index contributed by atoms with van der Waals surface area (Å²) in [7, 11) is -3.89. The van der Waals surface area contributed by atoms with Crippen molar-refractivity contribution in [1.29, 1.82) is 0 Å². The van der Waals surface area contributed by atoms with Gasteiger partial charge in [-0.05, 0) is 49.9 Å². The zero-order chi connectivity index (χ0) is 20.5. The van der Waals surface area contributed by atoms with E-state index in [1.807, 2.05) is 13.0 Å². The van der Waals surface area contributed by atoms with Crippen LogP contribution in [0.25, 0.3) is 0 Å². The number of nitrogens with zero attached hydrogens (tertiary/aromatic N) is 1. The Kier molecular flexibility index (Phi) is 5.20. The van der Waals surface area contributed by atoms with Gasteiger partial charge < -0.3 is 15.0 Å². The minimum Gasteiger partial charge on any atom is -0.480 e. The Balaban J connectivity index is 1.82. The number of aromatic nitrogens is 1. The van der Waals surface area contributed by atoms with Crippen molar-refractivity contribution in [2.75, 3.05) is 11.3 Å². The number of aromatic amines is 1. The van der Waals surface area contributed by atoms with Gasteiger partial charge in [0, 0.05) is 18.4 Å². The van der Waals surface area contributed by atoms with Crippen molar-refractivity contribution in [3.63, 3.8) is 0 Å². The smallest absolute Gasteiger partial charge is 0.329 e. The van der Waals surface area contributed by atoms with E-state index in [-0.39, 0.29) is 10.6 Å². The molecule has 3 N–H and O–H groups in total. The Morgan fingerprint density at radius 2 is 2.07 bits per heavy atom. The molecule has 1 aromatic heterocycles. The highest BCUT2D eigenvalue weighted by atomic mass is 32.2. The number of sulfonamides is 1. The van der Waals surface area contributed by atoms with Crippen molar-refractivity contribution in [3.8, 4) is 0 Å². The number of aliphatic carboxylic acids is 1. The number of anilines is 1. The van der Waals surface area contributed by atoms with E-state index in [1.54, 1.807) is 18.2 Å². The van der Waals surface area contributed by atoms with E-state index in [9.17, 15) is 23.1 Å². The number of rotatable bonds is 6. The lowest BCUT2D eigenvalue weighted by molar-refractivity contribution is -0.147. The summed E-state index contributed by atoms with van der Waals surface area (Å²) >= 11 is 0. The van der Waals surface area contributed by atoms with Gasteiger partial charge in [-0.1, -0.05) is 19.1 Å². The molecule has 150 valence electrons. The van der Waals surface area contributed by atoms with Gasteiger partial charge in [0.15, 0.2) is 0 Å². The number of amides is 1. The molecule has 2 heterocycles. The van der Waals surface area contributed by atoms with Crippen LogP contribution in [0, 0.1) is 0 Å². The number of carbonyl (C=O) groups is 2. The van der Waals surface area contributed by atoms with E-state index in [2.05, 4.69) is 9.71 Å². The second kappa shape index (κ2) is 7.31. The molecule has 0 saturated carbocycles. The summed E-state index contributed by atoms with van der Waals surface area (Å²) in [5.41, 5.74) is 0.177. The summed E-state index contributed by atoms with van der Waals surface area (Å²) in [4.78, 5) is 28.2. The van der Waals surface area contributed by atoms with E-state index in [0.29, 0.717) is 25.1 Å². The van der Waals surface area contributed by atoms with Crippen LogP contribution in [0.5, 0.6) is 0 Å². The third kappa shape index (κ3) is 3.62. The fourth-order valence-electron chi connectivity index (χ4n) is 3.38. The SMILES string of the molecule is CCc1cccc(NS(=O)(=O)c2c[nH]c(C(=O)N3CCCC3(C)C(=O)O)c2)c1. The Hall–Kier alpha value is -2.81. The third-order valence-corrected chi connectivity index (χ3v) is 6.49. The van der Waals surface area contributed by atoms with Crippen LogP contribution in [0.2, 0.25) is 0 Å². The number of nitrogens with one attached hydrogen (secondary N) is 2. The normalized spacial score (nSPS) is 19.6. The Labute approximate surface area is 163 Å². The van der Waals surface area contributed by atoms with Crippen molar-refractivity contribution in [2.45, 2.75) is 43.5 Å². The van der Waals surface area contributed by atoms with Gasteiger partial charge in [-0.15, -0.1) is 0 Å². The first kappa shape index (κ1) is 19.9. The van der Waals surface area contributed by atoms with Crippen molar-refractivity contribution in [1.82, 2.24) is 9.88 Å². The number of likely N-dealkylation sites (tertiary alicyclic amines) is 1. The molecule has 28 heavy (non-hydrogen) atoms.